The highest BCUT2D eigenvalue weighted by Gasteiger charge is 2.30. The average Bonchev–Trinajstić information content (AvgIpc) is 0.950. The van der Waals surface area contributed by atoms with Crippen LogP contribution in [0.15, 0.2) is 0 Å². The summed E-state index contributed by atoms with van der Waals surface area (Å²) < 4.78 is 68.6. The molecule has 0 amide bonds. The van der Waals surface area contributed by atoms with E-state index in [4.69, 9.17) is 37.0 Å². The molecule has 0 saturated carbocycles. The van der Waals surface area contributed by atoms with E-state index in [9.17, 15) is 43.2 Å². The van der Waals surface area contributed by atoms with Crippen LogP contribution in [0, 0.1) is 23.7 Å². The first-order chi connectivity index (χ1) is 47.1. The van der Waals surface area contributed by atoms with Crippen molar-refractivity contribution in [3.63, 3.8) is 0 Å². The maximum Gasteiger partial charge on any atom is 0.472 e. The van der Waals surface area contributed by atoms with Crippen LogP contribution in [0.2, 0.25) is 0 Å². The van der Waals surface area contributed by atoms with E-state index in [-0.39, 0.29) is 25.7 Å². The van der Waals surface area contributed by atoms with Gasteiger partial charge in [0.25, 0.3) is 0 Å². The standard InChI is InChI=1S/C79H154O17P2/c1-69(2)55-47-39-31-25-19-13-9-11-15-23-29-35-45-53-61-78(83)95-74(65-89-76(81)59-51-43-34-28-22-18-17-21-27-33-41-49-57-71(5)6)67-93-97(85,86)91-63-73(80)64-92-98(87,88)94-68-75(66-90-77(82)60-52-44-38-37-42-50-58-72(7)8)96-79(84)62-54-46-36-30-24-16-12-10-14-20-26-32-40-48-56-70(3)4/h69-75,80H,9-68H2,1-8H3,(H,85,86)(H,87,88)/t73?,74-,75-/m1/s1. The van der Waals surface area contributed by atoms with Gasteiger partial charge in [-0.15, -0.1) is 0 Å². The largest absolute Gasteiger partial charge is 0.472 e. The number of hydrogen-bond acceptors (Lipinski definition) is 15. The van der Waals surface area contributed by atoms with Crippen LogP contribution < -0.4 is 0 Å². The molecule has 5 atom stereocenters. The van der Waals surface area contributed by atoms with Gasteiger partial charge in [-0.05, 0) is 49.4 Å². The van der Waals surface area contributed by atoms with Gasteiger partial charge < -0.3 is 33.8 Å². The molecule has 0 saturated heterocycles. The Balaban J connectivity index is 5.23. The van der Waals surface area contributed by atoms with Gasteiger partial charge >= 0.3 is 39.5 Å². The molecule has 3 unspecified atom stereocenters. The number of phosphoric ester groups is 2. The Morgan fingerprint density at radius 3 is 0.633 bits per heavy atom. The monoisotopic (exact) mass is 1440 g/mol. The van der Waals surface area contributed by atoms with Gasteiger partial charge in [0, 0.05) is 25.7 Å². The highest BCUT2D eigenvalue weighted by atomic mass is 31.2. The highest BCUT2D eigenvalue weighted by molar-refractivity contribution is 7.47. The summed E-state index contributed by atoms with van der Waals surface area (Å²) in [5, 5.41) is 10.6. The quantitative estimate of drug-likeness (QED) is 0.0222. The smallest absolute Gasteiger partial charge is 0.462 e. The average molecular weight is 1440 g/mol. The van der Waals surface area contributed by atoms with E-state index < -0.39 is 97.5 Å². The molecule has 17 nitrogen and oxygen atoms in total. The van der Waals surface area contributed by atoms with E-state index in [1.807, 2.05) is 0 Å². The number of phosphoric acid groups is 2. The highest BCUT2D eigenvalue weighted by Crippen LogP contribution is 2.45. The van der Waals surface area contributed by atoms with Crippen LogP contribution in [0.1, 0.15) is 402 Å². The molecule has 3 N–H and O–H groups in total. The van der Waals surface area contributed by atoms with E-state index in [2.05, 4.69) is 55.4 Å². The number of unbranched alkanes of at least 4 members (excludes halogenated alkanes) is 42. The molecular weight excluding hydrogens is 1280 g/mol. The number of esters is 4. The van der Waals surface area contributed by atoms with Crippen molar-refractivity contribution in [3.8, 4) is 0 Å². The molecule has 0 aromatic heterocycles. The van der Waals surface area contributed by atoms with Crippen molar-refractivity contribution in [2.45, 2.75) is 420 Å². The lowest BCUT2D eigenvalue weighted by molar-refractivity contribution is -0.161. The number of ether oxygens (including phenoxy) is 4. The minimum Gasteiger partial charge on any atom is -0.462 e. The number of carbonyl (C=O) groups is 4. The van der Waals surface area contributed by atoms with Crippen molar-refractivity contribution in [1.29, 1.82) is 0 Å². The zero-order valence-corrected chi connectivity index (χ0v) is 66.2. The Morgan fingerprint density at radius 2 is 0.429 bits per heavy atom. The molecule has 0 aliphatic carbocycles. The Bertz CT molecular complexity index is 1920. The third-order valence-corrected chi connectivity index (χ3v) is 20.2. The summed E-state index contributed by atoms with van der Waals surface area (Å²) in [6.45, 7) is 14.2. The van der Waals surface area contributed by atoms with Crippen molar-refractivity contribution >= 4 is 39.5 Å². The molecule has 582 valence electrons. The first kappa shape index (κ1) is 96.1. The molecule has 0 aliphatic rings. The maximum atomic E-state index is 13.1. The van der Waals surface area contributed by atoms with Crippen LogP contribution in [-0.4, -0.2) is 96.7 Å². The summed E-state index contributed by atoms with van der Waals surface area (Å²) in [6, 6.07) is 0. The number of hydrogen-bond donors (Lipinski definition) is 3. The van der Waals surface area contributed by atoms with Gasteiger partial charge in [-0.2, -0.15) is 0 Å². The molecule has 0 rings (SSSR count). The second kappa shape index (κ2) is 68.2. The third kappa shape index (κ3) is 72.4. The molecule has 0 aliphatic heterocycles. The fraction of sp³-hybridized carbons (Fsp3) is 0.949. The molecule has 0 radical (unpaired) electrons. The van der Waals surface area contributed by atoms with Crippen LogP contribution in [0.3, 0.4) is 0 Å². The second-order valence-corrected chi connectivity index (χ2v) is 33.3. The van der Waals surface area contributed by atoms with Crippen molar-refractivity contribution < 1.29 is 80.2 Å². The molecule has 0 aromatic rings. The third-order valence-electron chi connectivity index (χ3n) is 18.3. The van der Waals surface area contributed by atoms with Gasteiger partial charge in [0.1, 0.15) is 19.3 Å². The minimum absolute atomic E-state index is 0.106. The van der Waals surface area contributed by atoms with E-state index in [0.717, 1.165) is 114 Å². The number of aliphatic hydroxyl groups excluding tert-OH is 1. The topological polar surface area (TPSA) is 237 Å². The van der Waals surface area contributed by atoms with Gasteiger partial charge in [-0.3, -0.25) is 37.3 Å². The van der Waals surface area contributed by atoms with Crippen LogP contribution >= 0.6 is 15.6 Å². The lowest BCUT2D eigenvalue weighted by atomic mass is 10.0. The van der Waals surface area contributed by atoms with Gasteiger partial charge in [-0.1, -0.05) is 351 Å². The molecule has 0 heterocycles. The second-order valence-electron chi connectivity index (χ2n) is 30.4. The molecule has 98 heavy (non-hydrogen) atoms. The lowest BCUT2D eigenvalue weighted by Gasteiger charge is -2.21. The fourth-order valence-electron chi connectivity index (χ4n) is 12.1. The zero-order valence-electron chi connectivity index (χ0n) is 64.4. The fourth-order valence-corrected chi connectivity index (χ4v) is 13.7. The SMILES string of the molecule is CC(C)CCCCCCCCCCCCCCCCC(=O)O[C@H](COC(=O)CCCCCCCCCCCCCCC(C)C)COP(=O)(O)OCC(O)COP(=O)(O)OC[C@@H](COC(=O)CCCCCCCCC(C)C)OC(=O)CCCCCCCCCCCCCCCCC(C)C. The Labute approximate surface area is 600 Å². The van der Waals surface area contributed by atoms with E-state index in [1.54, 1.807) is 0 Å². The van der Waals surface area contributed by atoms with Crippen LogP contribution in [0.25, 0.3) is 0 Å². The summed E-state index contributed by atoms with van der Waals surface area (Å²) in [5.74, 6) is 0.934. The van der Waals surface area contributed by atoms with Crippen molar-refractivity contribution in [2.75, 3.05) is 39.6 Å². The minimum atomic E-state index is -4.96. The van der Waals surface area contributed by atoms with Crippen LogP contribution in [0.5, 0.6) is 0 Å². The predicted molar refractivity (Wildman–Crippen MR) is 400 cm³/mol. The van der Waals surface area contributed by atoms with Gasteiger partial charge in [-0.25, -0.2) is 9.13 Å². The first-order valence-corrected chi connectivity index (χ1v) is 43.7. The molecule has 0 aromatic carbocycles. The van der Waals surface area contributed by atoms with E-state index >= 15 is 0 Å². The number of carbonyl (C=O) groups excluding carboxylic acids is 4. The van der Waals surface area contributed by atoms with Crippen molar-refractivity contribution in [3.05, 3.63) is 0 Å². The summed E-state index contributed by atoms with van der Waals surface area (Å²) in [6.07, 6.45) is 54.2. The Hall–Kier alpha value is -1.94. The van der Waals surface area contributed by atoms with Crippen molar-refractivity contribution in [1.82, 2.24) is 0 Å². The molecule has 0 bridgehead atoms. The normalized spacial score (nSPS) is 14.1. The van der Waals surface area contributed by atoms with E-state index in [0.29, 0.717) is 31.6 Å². The Morgan fingerprint density at radius 1 is 0.255 bits per heavy atom. The van der Waals surface area contributed by atoms with Crippen molar-refractivity contribution in [2.24, 2.45) is 23.7 Å². The number of rotatable bonds is 76. The predicted octanol–water partition coefficient (Wildman–Crippen LogP) is 23.2. The van der Waals surface area contributed by atoms with Gasteiger partial charge in [0.05, 0.1) is 26.4 Å². The molecular formula is C79H154O17P2. The van der Waals surface area contributed by atoms with Crippen LogP contribution in [-0.2, 0) is 65.4 Å². The van der Waals surface area contributed by atoms with Crippen LogP contribution in [0.4, 0.5) is 0 Å². The maximum absolute atomic E-state index is 13.1. The lowest BCUT2D eigenvalue weighted by Crippen LogP contribution is -2.30. The Kier molecular flexibility index (Phi) is 66.8. The summed E-state index contributed by atoms with van der Waals surface area (Å²) in [4.78, 5) is 72.9. The zero-order chi connectivity index (χ0) is 72.4. The first-order valence-electron chi connectivity index (χ1n) is 40.7. The molecule has 0 fully saturated rings. The van der Waals surface area contributed by atoms with E-state index in [1.165, 1.54) is 199 Å². The molecule has 0 spiro atoms. The summed E-state index contributed by atoms with van der Waals surface area (Å²) in [5.41, 5.74) is 0. The molecule has 19 heteroatoms. The summed E-state index contributed by atoms with van der Waals surface area (Å²) >= 11 is 0. The van der Waals surface area contributed by atoms with Gasteiger partial charge in [0.15, 0.2) is 12.2 Å². The summed E-state index contributed by atoms with van der Waals surface area (Å²) in [7, 11) is -9.92. The van der Waals surface area contributed by atoms with Gasteiger partial charge in [0.2, 0.25) is 0 Å². The number of aliphatic hydroxyl groups is 1.